The molecule has 7 atom stereocenters. The third kappa shape index (κ3) is 20.4. The van der Waals surface area contributed by atoms with Gasteiger partial charge in [-0.2, -0.15) is 0 Å². The Hall–Kier alpha value is -7.89. The van der Waals surface area contributed by atoms with Crippen LogP contribution in [0.5, 0.6) is 0 Å². The van der Waals surface area contributed by atoms with Gasteiger partial charge in [0, 0.05) is 86.1 Å². The summed E-state index contributed by atoms with van der Waals surface area (Å²) in [5.41, 5.74) is 35.3. The predicted molar refractivity (Wildman–Crippen MR) is 284 cm³/mol. The van der Waals surface area contributed by atoms with Gasteiger partial charge < -0.3 is 66.0 Å². The molecule has 0 bridgehead atoms. The molecule has 1 aliphatic rings. The molecule has 2 heterocycles. The summed E-state index contributed by atoms with van der Waals surface area (Å²) in [6.45, 7) is 1.36. The van der Waals surface area contributed by atoms with Crippen molar-refractivity contribution >= 4 is 93.1 Å². The first-order valence-electron chi connectivity index (χ1n) is 25.1. The molecular weight excluding hydrogens is 1000 g/mol. The Bertz CT molecular complexity index is 2630. The summed E-state index contributed by atoms with van der Waals surface area (Å²) >= 11 is 6.57. The van der Waals surface area contributed by atoms with Crippen molar-refractivity contribution in [2.75, 3.05) is 13.1 Å². The zero-order chi connectivity index (χ0) is 55.9. The number of aromatic amines is 1. The fourth-order valence-corrected chi connectivity index (χ4v) is 9.07. The predicted octanol–water partition coefficient (Wildman–Crippen LogP) is -0.408. The summed E-state index contributed by atoms with van der Waals surface area (Å²) in [6, 6.07) is 6.66. The van der Waals surface area contributed by atoms with Crippen LogP contribution in [0.2, 0.25) is 5.02 Å². The lowest BCUT2D eigenvalue weighted by molar-refractivity contribution is -0.136. The summed E-state index contributed by atoms with van der Waals surface area (Å²) < 4.78 is 0. The molecule has 4 rings (SSSR count). The molecule has 18 N–H and O–H groups in total. The van der Waals surface area contributed by atoms with E-state index >= 15 is 0 Å². The number of amides is 7. The molecule has 0 radical (unpaired) electrons. The van der Waals surface area contributed by atoms with Gasteiger partial charge in [0.25, 0.3) is 0 Å². The van der Waals surface area contributed by atoms with Crippen molar-refractivity contribution < 1.29 is 47.9 Å². The van der Waals surface area contributed by atoms with Crippen molar-refractivity contribution in [3.8, 4) is 0 Å². The van der Waals surface area contributed by atoms with Gasteiger partial charge in [-0.05, 0) is 74.6 Å². The Labute approximate surface area is 444 Å². The van der Waals surface area contributed by atoms with Gasteiger partial charge in [0.15, 0.2) is 17.7 Å². The number of ketones is 3. The van der Waals surface area contributed by atoms with E-state index in [2.05, 4.69) is 41.6 Å². The first-order valence-corrected chi connectivity index (χ1v) is 25.5. The number of carbonyl (C=O) groups excluding carboxylic acids is 10. The minimum Gasteiger partial charge on any atom is -0.370 e. The van der Waals surface area contributed by atoms with Gasteiger partial charge in [-0.3, -0.25) is 57.9 Å². The molecule has 24 nitrogen and oxygen atoms in total. The maximum absolute atomic E-state index is 14.8. The molecule has 2 aromatic carbocycles. The van der Waals surface area contributed by atoms with Crippen molar-refractivity contribution in [1.82, 2.24) is 31.6 Å². The lowest BCUT2D eigenvalue weighted by Gasteiger charge is -2.27. The first kappa shape index (κ1) is 60.7. The molecule has 1 aromatic heterocycles. The number of nitrogens with one attached hydrogen (secondary N) is 6. The van der Waals surface area contributed by atoms with Gasteiger partial charge in [-0.1, -0.05) is 54.4 Å². The molecule has 76 heavy (non-hydrogen) atoms. The molecule has 7 amide bonds. The number of H-pyrrole nitrogens is 1. The Morgan fingerprint density at radius 3 is 2.04 bits per heavy atom. The van der Waals surface area contributed by atoms with Crippen molar-refractivity contribution in [2.45, 2.75) is 133 Å². The number of carbonyl (C=O) groups is 10. The SMILES string of the molecule is CC(=O)N[C@@H](CCCN=C(N)N)C(=O)N[C@H]1CCC(=O)CCCC[C@@H](C(N)=O)NC(=O)[C@H](Cc2c[nH]c3ccccc23)CC(=O)[C@H](CCCN=C(N)N)CC(=O)[C@@H](Cc2ccccc2Cl)NC(=O)[C@H](CC(N)=O)NC1=O. The van der Waals surface area contributed by atoms with Gasteiger partial charge in [0.05, 0.1) is 12.5 Å². The van der Waals surface area contributed by atoms with Crippen molar-refractivity contribution in [3.05, 3.63) is 70.9 Å². The lowest BCUT2D eigenvalue weighted by atomic mass is 9.83. The van der Waals surface area contributed by atoms with Crippen LogP contribution in [-0.4, -0.2) is 119 Å². The Kier molecular flexibility index (Phi) is 24.3. The average Bonchev–Trinajstić information content (AvgIpc) is 3.76. The second-order valence-corrected chi connectivity index (χ2v) is 19.3. The molecule has 1 aliphatic heterocycles. The molecule has 412 valence electrons. The summed E-state index contributed by atoms with van der Waals surface area (Å²) in [5, 5.41) is 13.9. The number of primary amides is 2. The number of aromatic nitrogens is 1. The smallest absolute Gasteiger partial charge is 0.243 e. The number of halogens is 1. The van der Waals surface area contributed by atoms with Crippen LogP contribution in [0.15, 0.2) is 64.7 Å². The maximum atomic E-state index is 14.8. The number of aliphatic imine (C=N–C) groups is 2. The van der Waals surface area contributed by atoms with E-state index in [0.717, 1.165) is 10.9 Å². The van der Waals surface area contributed by atoms with E-state index in [1.807, 2.05) is 24.3 Å². The highest BCUT2D eigenvalue weighted by Crippen LogP contribution is 2.27. The summed E-state index contributed by atoms with van der Waals surface area (Å²) in [7, 11) is 0. The number of hydrogen-bond acceptors (Lipinski definition) is 12. The van der Waals surface area contributed by atoms with Crippen LogP contribution in [0.4, 0.5) is 0 Å². The first-order chi connectivity index (χ1) is 36.1. The van der Waals surface area contributed by atoms with E-state index < -0.39 is 114 Å². The molecule has 0 spiro atoms. The van der Waals surface area contributed by atoms with E-state index in [9.17, 15) is 47.9 Å². The number of Topliss-reactive ketones (excluding diaryl/α,β-unsaturated/α-hetero) is 3. The fraction of sp³-hybridized carbons (Fsp3) is 0.490. The minimum absolute atomic E-state index is 0.0171. The van der Waals surface area contributed by atoms with Crippen LogP contribution < -0.4 is 61.0 Å². The molecular formula is C51H71ClN14O10. The maximum Gasteiger partial charge on any atom is 0.243 e. The Morgan fingerprint density at radius 2 is 1.37 bits per heavy atom. The average molecular weight is 1080 g/mol. The number of benzene rings is 2. The highest BCUT2D eigenvalue weighted by molar-refractivity contribution is 6.31. The van der Waals surface area contributed by atoms with E-state index in [1.54, 1.807) is 30.5 Å². The van der Waals surface area contributed by atoms with Gasteiger partial charge >= 0.3 is 0 Å². The number of nitrogens with two attached hydrogens (primary N) is 6. The van der Waals surface area contributed by atoms with Crippen LogP contribution in [0.3, 0.4) is 0 Å². The lowest BCUT2D eigenvalue weighted by Crippen LogP contribution is -2.58. The van der Waals surface area contributed by atoms with Crippen molar-refractivity contribution in [1.29, 1.82) is 0 Å². The Morgan fingerprint density at radius 1 is 0.711 bits per heavy atom. The highest BCUT2D eigenvalue weighted by atomic mass is 35.5. The number of fused-ring (bicyclic) bond motifs is 1. The van der Waals surface area contributed by atoms with E-state index in [-0.39, 0.29) is 113 Å². The zero-order valence-electron chi connectivity index (χ0n) is 42.6. The van der Waals surface area contributed by atoms with Crippen LogP contribution in [-0.2, 0) is 60.8 Å². The van der Waals surface area contributed by atoms with Gasteiger partial charge in [0.1, 0.15) is 35.7 Å². The second-order valence-electron chi connectivity index (χ2n) is 18.9. The third-order valence-electron chi connectivity index (χ3n) is 12.8. The number of para-hydroxylation sites is 1. The van der Waals surface area contributed by atoms with Gasteiger partial charge in [-0.15, -0.1) is 0 Å². The topological polar surface area (TPSA) is 427 Å². The standard InChI is InChI=1S/C51H71ClN14O10/c1-28(67)62-38(17-9-21-60-51(57)58)47(74)64-39-19-18-33(68)12-3-6-16-37(45(54)72)63-46(73)31(22-32-27-61-36-15-7-4-13-34(32)36)25-42(69)30(11-8-20-59-50(55)56)24-43(70)40(23-29-10-2-5-14-35(29)52)65-49(76)41(26-44(53)71)66-48(39)75/h2,4-5,7,10,13-15,27,30-31,37-41,61H,3,6,8-9,11-12,16-26H2,1H3,(H2,53,71)(H2,54,72)(H,62,67)(H,63,73)(H,64,74)(H,65,76)(H,66,75)(H4,55,56,59)(H4,57,58,60)/t30-,31-,37+,38+,39+,40-,41+/m1/s1. The monoisotopic (exact) mass is 1070 g/mol. The molecule has 0 saturated carbocycles. The normalized spacial score (nSPS) is 21.2. The second kappa shape index (κ2) is 30.5. The highest BCUT2D eigenvalue weighted by Gasteiger charge is 2.36. The number of hydrogen-bond donors (Lipinski definition) is 12. The summed E-state index contributed by atoms with van der Waals surface area (Å²) in [4.78, 5) is 148. The van der Waals surface area contributed by atoms with Crippen LogP contribution in [0, 0.1) is 11.8 Å². The zero-order valence-corrected chi connectivity index (χ0v) is 43.3. The Balaban J connectivity index is 1.79. The van der Waals surface area contributed by atoms with Crippen LogP contribution in [0.1, 0.15) is 102 Å². The minimum atomic E-state index is -1.76. The van der Waals surface area contributed by atoms with E-state index in [4.69, 9.17) is 46.0 Å². The van der Waals surface area contributed by atoms with Crippen LogP contribution in [0.25, 0.3) is 10.9 Å². The number of nitrogens with zero attached hydrogens (tertiary/aromatic N) is 2. The van der Waals surface area contributed by atoms with Crippen LogP contribution >= 0.6 is 11.6 Å². The molecule has 0 aliphatic carbocycles. The van der Waals surface area contributed by atoms with E-state index in [1.165, 1.54) is 6.92 Å². The number of rotatable bonds is 18. The molecule has 0 unspecified atom stereocenters. The van der Waals surface area contributed by atoms with E-state index in [0.29, 0.717) is 11.1 Å². The van der Waals surface area contributed by atoms with Crippen molar-refractivity contribution in [2.24, 2.45) is 56.2 Å². The van der Waals surface area contributed by atoms with Gasteiger partial charge in [0.2, 0.25) is 41.4 Å². The summed E-state index contributed by atoms with van der Waals surface area (Å²) in [5.74, 6) is -10.2. The van der Waals surface area contributed by atoms with Crippen molar-refractivity contribution in [3.63, 3.8) is 0 Å². The van der Waals surface area contributed by atoms with Gasteiger partial charge in [-0.25, -0.2) is 0 Å². The third-order valence-corrected chi connectivity index (χ3v) is 13.2. The summed E-state index contributed by atoms with van der Waals surface area (Å²) in [6.07, 6.45) is 0.122. The quantitative estimate of drug-likeness (QED) is 0.0438. The largest absolute Gasteiger partial charge is 0.370 e. The molecule has 1 fully saturated rings. The molecule has 1 saturated heterocycles. The fourth-order valence-electron chi connectivity index (χ4n) is 8.86. The molecule has 3 aromatic rings. The molecule has 25 heteroatoms. The number of guanidine groups is 2.